The largest absolute Gasteiger partial charge is 0.228 e. The summed E-state index contributed by atoms with van der Waals surface area (Å²) in [6.45, 7) is 7.18. The Balaban J connectivity index is 0.965. The van der Waals surface area contributed by atoms with Crippen LogP contribution in [0.2, 0.25) is 19.6 Å². The van der Waals surface area contributed by atoms with Crippen molar-refractivity contribution in [3.8, 4) is 78.4 Å². The van der Waals surface area contributed by atoms with E-state index in [1.165, 1.54) is 60.1 Å². The number of hydrogen-bond acceptors (Lipinski definition) is 2. The summed E-state index contributed by atoms with van der Waals surface area (Å²) >= 11 is 0. The van der Waals surface area contributed by atoms with Gasteiger partial charge in [0.25, 0.3) is 0 Å². The fraction of sp³-hybridized carbons (Fsp3) is 0.0526. The highest BCUT2D eigenvalue weighted by molar-refractivity contribution is 6.88. The number of aromatic nitrogens is 2. The van der Waals surface area contributed by atoms with Crippen LogP contribution in [0, 0.1) is 0 Å². The van der Waals surface area contributed by atoms with Gasteiger partial charge in [-0.2, -0.15) is 0 Å². The molecule has 2 nitrogen and oxygen atoms in total. The van der Waals surface area contributed by atoms with E-state index in [-0.39, 0.29) is 0 Å². The van der Waals surface area contributed by atoms with Crippen LogP contribution in [0.3, 0.4) is 0 Å². The van der Waals surface area contributed by atoms with Crippen molar-refractivity contribution in [1.29, 1.82) is 0 Å². The molecule has 0 fully saturated rings. The minimum absolute atomic E-state index is 0.699. The molecule has 3 heteroatoms. The molecular weight excluding hydrogens is 741 g/mol. The van der Waals surface area contributed by atoms with Gasteiger partial charge in [0.05, 0.1) is 19.5 Å². The molecule has 1 heterocycles. The van der Waals surface area contributed by atoms with Gasteiger partial charge in [0, 0.05) is 16.7 Å². The monoisotopic (exact) mass is 784 g/mol. The Morgan fingerprint density at radius 2 is 0.650 bits per heavy atom. The standard InChI is InChI=1S/C57H44N2Si/c1-60(2,3)50-34-32-42(33-35-50)41-26-24-39(25-27-41)40-28-30-43(31-29-40)46-16-8-17-47(36-46)48-18-9-19-49(37-48)57-58-55(53-22-10-14-44-12-4-6-20-51(44)53)38-56(59-57)54-23-11-15-45-13-5-7-21-52(45)54/h4-38H,1-3H3. The molecule has 0 spiro atoms. The second-order valence-electron chi connectivity index (χ2n) is 16.7. The summed E-state index contributed by atoms with van der Waals surface area (Å²) in [5.41, 5.74) is 14.5. The Morgan fingerprint density at radius 1 is 0.300 bits per heavy atom. The Labute approximate surface area is 353 Å². The van der Waals surface area contributed by atoms with Gasteiger partial charge in [0.15, 0.2) is 5.82 Å². The highest BCUT2D eigenvalue weighted by atomic mass is 28.3. The van der Waals surface area contributed by atoms with Gasteiger partial charge in [0.1, 0.15) is 0 Å². The van der Waals surface area contributed by atoms with Crippen LogP contribution < -0.4 is 5.19 Å². The summed E-state index contributed by atoms with van der Waals surface area (Å²) < 4.78 is 0. The minimum Gasteiger partial charge on any atom is -0.228 e. The third-order valence-corrected chi connectivity index (χ3v) is 13.8. The quantitative estimate of drug-likeness (QED) is 0.143. The average Bonchev–Trinajstić information content (AvgIpc) is 3.31. The maximum Gasteiger partial charge on any atom is 0.160 e. The van der Waals surface area contributed by atoms with Crippen LogP contribution in [-0.4, -0.2) is 18.0 Å². The summed E-state index contributed by atoms with van der Waals surface area (Å²) in [5.74, 6) is 0.699. The Morgan fingerprint density at radius 3 is 1.12 bits per heavy atom. The lowest BCUT2D eigenvalue weighted by molar-refractivity contribution is 1.19. The van der Waals surface area contributed by atoms with Crippen LogP contribution >= 0.6 is 0 Å². The highest BCUT2D eigenvalue weighted by Crippen LogP contribution is 2.36. The zero-order valence-electron chi connectivity index (χ0n) is 34.1. The number of benzene rings is 9. The lowest BCUT2D eigenvalue weighted by Gasteiger charge is -2.16. The molecule has 1 aromatic heterocycles. The van der Waals surface area contributed by atoms with Crippen LogP contribution in [-0.2, 0) is 0 Å². The number of hydrogen-bond donors (Lipinski definition) is 0. The molecular formula is C57H44N2Si. The van der Waals surface area contributed by atoms with E-state index in [0.29, 0.717) is 5.82 Å². The maximum absolute atomic E-state index is 5.28. The van der Waals surface area contributed by atoms with Crippen molar-refractivity contribution in [3.05, 3.63) is 212 Å². The van der Waals surface area contributed by atoms with Gasteiger partial charge in [-0.15, -0.1) is 0 Å². The summed E-state index contributed by atoms with van der Waals surface area (Å²) in [6, 6.07) is 76.5. The van der Waals surface area contributed by atoms with Gasteiger partial charge < -0.3 is 0 Å². The van der Waals surface area contributed by atoms with E-state index in [0.717, 1.165) is 39.2 Å². The molecule has 0 amide bonds. The van der Waals surface area contributed by atoms with E-state index >= 15 is 0 Å². The zero-order chi connectivity index (χ0) is 40.6. The van der Waals surface area contributed by atoms with Crippen LogP contribution in [0.1, 0.15) is 0 Å². The molecule has 10 aromatic rings. The van der Waals surface area contributed by atoms with Gasteiger partial charge in [0.2, 0.25) is 0 Å². The average molecular weight is 785 g/mol. The normalized spacial score (nSPS) is 11.6. The van der Waals surface area contributed by atoms with Crippen molar-refractivity contribution < 1.29 is 0 Å². The third kappa shape index (κ3) is 7.36. The smallest absolute Gasteiger partial charge is 0.160 e. The second-order valence-corrected chi connectivity index (χ2v) is 21.7. The lowest BCUT2D eigenvalue weighted by Crippen LogP contribution is -2.37. The van der Waals surface area contributed by atoms with E-state index in [1.807, 2.05) is 0 Å². The Hall–Kier alpha value is -7.20. The summed E-state index contributed by atoms with van der Waals surface area (Å²) in [5, 5.41) is 6.20. The van der Waals surface area contributed by atoms with Crippen molar-refractivity contribution >= 4 is 34.8 Å². The van der Waals surface area contributed by atoms with Crippen LogP contribution in [0.15, 0.2) is 212 Å². The maximum atomic E-state index is 5.28. The summed E-state index contributed by atoms with van der Waals surface area (Å²) in [4.78, 5) is 10.6. The molecule has 0 N–H and O–H groups in total. The lowest BCUT2D eigenvalue weighted by atomic mass is 9.95. The molecule has 60 heavy (non-hydrogen) atoms. The van der Waals surface area contributed by atoms with Crippen molar-refractivity contribution in [1.82, 2.24) is 9.97 Å². The van der Waals surface area contributed by atoms with Crippen molar-refractivity contribution in [3.63, 3.8) is 0 Å². The number of rotatable bonds is 8. The van der Waals surface area contributed by atoms with Gasteiger partial charge in [-0.25, -0.2) is 9.97 Å². The fourth-order valence-electron chi connectivity index (χ4n) is 8.34. The molecule has 286 valence electrons. The molecule has 0 aliphatic heterocycles. The van der Waals surface area contributed by atoms with E-state index < -0.39 is 8.07 Å². The molecule has 0 atom stereocenters. The molecule has 0 saturated heterocycles. The van der Waals surface area contributed by atoms with E-state index in [1.54, 1.807) is 0 Å². The van der Waals surface area contributed by atoms with Crippen LogP contribution in [0.25, 0.3) is 100.0 Å². The van der Waals surface area contributed by atoms with E-state index in [9.17, 15) is 0 Å². The van der Waals surface area contributed by atoms with Gasteiger partial charge in [-0.3, -0.25) is 0 Å². The Kier molecular flexibility index (Phi) is 9.59. The van der Waals surface area contributed by atoms with Crippen molar-refractivity contribution in [2.24, 2.45) is 0 Å². The Bertz CT molecular complexity index is 3050. The first kappa shape index (κ1) is 37.1. The third-order valence-electron chi connectivity index (χ3n) is 11.7. The minimum atomic E-state index is -1.32. The molecule has 0 bridgehead atoms. The molecule has 9 aromatic carbocycles. The molecule has 0 saturated carbocycles. The van der Waals surface area contributed by atoms with Crippen LogP contribution in [0.4, 0.5) is 0 Å². The van der Waals surface area contributed by atoms with E-state index in [4.69, 9.17) is 9.97 Å². The van der Waals surface area contributed by atoms with Gasteiger partial charge in [-0.1, -0.05) is 219 Å². The second kappa shape index (κ2) is 15.5. The number of nitrogens with zero attached hydrogens (tertiary/aromatic N) is 2. The van der Waals surface area contributed by atoms with E-state index in [2.05, 4.69) is 232 Å². The predicted molar refractivity (Wildman–Crippen MR) is 258 cm³/mol. The zero-order valence-corrected chi connectivity index (χ0v) is 35.1. The fourth-order valence-corrected chi connectivity index (χ4v) is 9.51. The summed E-state index contributed by atoms with van der Waals surface area (Å²) in [6.07, 6.45) is 0. The molecule has 10 rings (SSSR count). The molecule has 0 radical (unpaired) electrons. The van der Waals surface area contributed by atoms with Gasteiger partial charge in [-0.05, 0) is 84.3 Å². The number of fused-ring (bicyclic) bond motifs is 2. The molecule has 0 aliphatic rings. The SMILES string of the molecule is C[Si](C)(C)c1ccc(-c2ccc(-c3ccc(-c4cccc(-c5cccc(-c6nc(-c7cccc8ccccc78)cc(-c7cccc8ccccc78)n6)c5)c4)cc3)cc2)cc1. The first-order valence-corrected chi connectivity index (χ1v) is 24.2. The van der Waals surface area contributed by atoms with Crippen molar-refractivity contribution in [2.45, 2.75) is 19.6 Å². The summed E-state index contributed by atoms with van der Waals surface area (Å²) in [7, 11) is -1.32. The van der Waals surface area contributed by atoms with Gasteiger partial charge >= 0.3 is 0 Å². The molecule has 0 unspecified atom stereocenters. The topological polar surface area (TPSA) is 25.8 Å². The predicted octanol–water partition coefficient (Wildman–Crippen LogP) is 15.0. The van der Waals surface area contributed by atoms with Crippen molar-refractivity contribution in [2.75, 3.05) is 0 Å². The van der Waals surface area contributed by atoms with Crippen LogP contribution in [0.5, 0.6) is 0 Å². The molecule has 0 aliphatic carbocycles. The highest BCUT2D eigenvalue weighted by Gasteiger charge is 2.17. The first-order valence-electron chi connectivity index (χ1n) is 20.7. The first-order chi connectivity index (χ1) is 29.3.